The molecule has 1 unspecified atom stereocenters. The molecule has 0 radical (unpaired) electrons. The summed E-state index contributed by atoms with van der Waals surface area (Å²) in [5.41, 5.74) is 0.456. The number of amides is 1. The number of hydrogen-bond donors (Lipinski definition) is 2. The Kier molecular flexibility index (Phi) is 5.39. The summed E-state index contributed by atoms with van der Waals surface area (Å²) in [5, 5.41) is 12.1. The molecular weight excluding hydrogens is 349 g/mol. The summed E-state index contributed by atoms with van der Waals surface area (Å²) in [5.74, 6) is -5.58. The van der Waals surface area contributed by atoms with Crippen molar-refractivity contribution in [3.05, 3.63) is 29.3 Å². The Morgan fingerprint density at radius 3 is 2.33 bits per heavy atom. The second kappa shape index (κ2) is 6.98. The quantitative estimate of drug-likeness (QED) is 0.862. The normalized spacial score (nSPS) is 23.0. The molecule has 0 aromatic heterocycles. The van der Waals surface area contributed by atoms with E-state index < -0.39 is 42.5 Å². The minimum Gasteiger partial charge on any atom is -0.481 e. The number of rotatable bonds is 4. The number of carboxylic acid groups (broad SMARTS) is 1. The predicted molar refractivity (Wildman–Crippen MR) is 81.8 cm³/mol. The van der Waals surface area contributed by atoms with Crippen LogP contribution in [0.5, 0.6) is 0 Å². The molecule has 0 aliphatic carbocycles. The van der Waals surface area contributed by atoms with Gasteiger partial charge in [-0.2, -0.15) is 13.2 Å². The zero-order valence-electron chi connectivity index (χ0n) is 12.7. The second-order valence-corrected chi connectivity index (χ2v) is 6.16. The molecule has 132 valence electrons. The topological polar surface area (TPSA) is 69.6 Å². The molecule has 9 heteroatoms. The monoisotopic (exact) mass is 364 g/mol. The molecule has 2 rings (SSSR count). The van der Waals surface area contributed by atoms with Crippen LogP contribution in [0.3, 0.4) is 0 Å². The first-order valence-corrected chi connectivity index (χ1v) is 7.57. The van der Waals surface area contributed by atoms with Crippen LogP contribution >= 0.6 is 11.6 Å². The van der Waals surface area contributed by atoms with Crippen molar-refractivity contribution in [3.63, 3.8) is 0 Å². The first-order valence-electron chi connectivity index (χ1n) is 7.19. The number of carboxylic acids is 1. The van der Waals surface area contributed by atoms with Crippen LogP contribution in [0, 0.1) is 11.8 Å². The second-order valence-electron chi connectivity index (χ2n) is 5.72. The number of nitrogens with one attached hydrogen (secondary N) is 1. The average Bonchev–Trinajstić information content (AvgIpc) is 2.94. The smallest absolute Gasteiger partial charge is 0.393 e. The van der Waals surface area contributed by atoms with Crippen molar-refractivity contribution in [2.45, 2.75) is 19.1 Å². The number of anilines is 1. The third-order valence-corrected chi connectivity index (χ3v) is 4.38. The van der Waals surface area contributed by atoms with E-state index in [4.69, 9.17) is 16.7 Å². The van der Waals surface area contributed by atoms with Gasteiger partial charge in [-0.05, 0) is 31.2 Å². The van der Waals surface area contributed by atoms with E-state index in [1.54, 1.807) is 24.3 Å². The fraction of sp³-hybridized carbons (Fsp3) is 0.467. The van der Waals surface area contributed by atoms with Crippen molar-refractivity contribution in [2.24, 2.45) is 11.8 Å². The highest BCUT2D eigenvalue weighted by Gasteiger charge is 2.53. The van der Waals surface area contributed by atoms with Gasteiger partial charge >= 0.3 is 12.1 Å². The van der Waals surface area contributed by atoms with Crippen LogP contribution in [0.4, 0.5) is 18.9 Å². The number of hydrogen-bond acceptors (Lipinski definition) is 3. The number of carbonyl (C=O) groups is 2. The van der Waals surface area contributed by atoms with Crippen LogP contribution in [-0.2, 0) is 9.59 Å². The maximum Gasteiger partial charge on any atom is 0.393 e. The Morgan fingerprint density at radius 2 is 1.88 bits per heavy atom. The number of halogens is 4. The molecule has 24 heavy (non-hydrogen) atoms. The van der Waals surface area contributed by atoms with Gasteiger partial charge in [0.15, 0.2) is 0 Å². The molecule has 5 nitrogen and oxygen atoms in total. The molecule has 0 bridgehead atoms. The lowest BCUT2D eigenvalue weighted by atomic mass is 9.96. The Balaban J connectivity index is 2.06. The summed E-state index contributed by atoms with van der Waals surface area (Å²) < 4.78 is 39.0. The van der Waals surface area contributed by atoms with Crippen molar-refractivity contribution in [2.75, 3.05) is 18.4 Å². The van der Waals surface area contributed by atoms with Gasteiger partial charge < -0.3 is 10.4 Å². The van der Waals surface area contributed by atoms with Crippen LogP contribution in [-0.4, -0.2) is 47.2 Å². The van der Waals surface area contributed by atoms with Gasteiger partial charge in [-0.1, -0.05) is 11.6 Å². The zero-order chi connectivity index (χ0) is 18.1. The van der Waals surface area contributed by atoms with Gasteiger partial charge in [-0.25, -0.2) is 0 Å². The number of likely N-dealkylation sites (tertiary alicyclic amines) is 1. The van der Waals surface area contributed by atoms with E-state index in [0.29, 0.717) is 10.7 Å². The third kappa shape index (κ3) is 4.18. The lowest BCUT2D eigenvalue weighted by molar-refractivity contribution is -0.188. The van der Waals surface area contributed by atoms with Crippen LogP contribution in [0.25, 0.3) is 0 Å². The Hall–Kier alpha value is -1.80. The van der Waals surface area contributed by atoms with E-state index in [9.17, 15) is 22.8 Å². The summed E-state index contributed by atoms with van der Waals surface area (Å²) in [6, 6.07) is 5.37. The minimum absolute atomic E-state index is 0.325. The van der Waals surface area contributed by atoms with E-state index >= 15 is 0 Å². The number of alkyl halides is 3. The lowest BCUT2D eigenvalue weighted by Gasteiger charge is -2.23. The summed E-state index contributed by atoms with van der Waals surface area (Å²) in [6.07, 6.45) is -4.62. The number of carbonyl (C=O) groups excluding carboxylic acids is 1. The highest BCUT2D eigenvalue weighted by Crippen LogP contribution is 2.38. The van der Waals surface area contributed by atoms with Gasteiger partial charge in [0.25, 0.3) is 0 Å². The highest BCUT2D eigenvalue weighted by atomic mass is 35.5. The number of benzene rings is 1. The summed E-state index contributed by atoms with van der Waals surface area (Å²) in [7, 11) is 0. The van der Waals surface area contributed by atoms with E-state index in [-0.39, 0.29) is 6.54 Å². The Bertz CT molecular complexity index is 621. The fourth-order valence-electron chi connectivity index (χ4n) is 2.68. The lowest BCUT2D eigenvalue weighted by Crippen LogP contribution is -2.41. The molecule has 2 N–H and O–H groups in total. The average molecular weight is 365 g/mol. The molecule has 0 saturated carbocycles. The standard InChI is InChI=1S/C15H16ClF3N2O3/c1-8(13(22)20-10-4-2-9(16)3-5-10)21-6-11(14(23)24)12(7-21)15(17,18)19/h2-5,8,11-12H,6-7H2,1H3,(H,20,22)(H,23,24)/t8?,11-,12-/m1/s1. The SMILES string of the molecule is CC(C(=O)Nc1ccc(Cl)cc1)N1C[C@@H](C(F)(F)F)[C@H](C(=O)O)C1. The maximum absolute atomic E-state index is 13.0. The van der Waals surface area contributed by atoms with E-state index in [1.165, 1.54) is 11.8 Å². The fourth-order valence-corrected chi connectivity index (χ4v) is 2.80. The zero-order valence-corrected chi connectivity index (χ0v) is 13.4. The van der Waals surface area contributed by atoms with Crippen molar-refractivity contribution in [3.8, 4) is 0 Å². The molecule has 1 amide bonds. The van der Waals surface area contributed by atoms with Crippen LogP contribution < -0.4 is 5.32 Å². The van der Waals surface area contributed by atoms with Gasteiger partial charge in [0.05, 0.1) is 17.9 Å². The van der Waals surface area contributed by atoms with E-state index in [0.717, 1.165) is 0 Å². The van der Waals surface area contributed by atoms with Crippen molar-refractivity contribution in [1.82, 2.24) is 4.90 Å². The summed E-state index contributed by atoms with van der Waals surface area (Å²) in [4.78, 5) is 24.5. The number of aliphatic carboxylic acids is 1. The molecule has 1 fully saturated rings. The molecule has 3 atom stereocenters. The molecular formula is C15H16ClF3N2O3. The molecule has 1 heterocycles. The summed E-state index contributed by atoms with van der Waals surface area (Å²) >= 11 is 5.74. The minimum atomic E-state index is -4.62. The maximum atomic E-state index is 13.0. The van der Waals surface area contributed by atoms with Gasteiger partial charge in [0.1, 0.15) is 0 Å². The van der Waals surface area contributed by atoms with Crippen LogP contribution in [0.1, 0.15) is 6.92 Å². The largest absolute Gasteiger partial charge is 0.481 e. The summed E-state index contributed by atoms with van der Waals surface area (Å²) in [6.45, 7) is 0.604. The van der Waals surface area contributed by atoms with Crippen molar-refractivity contribution >= 4 is 29.2 Å². The van der Waals surface area contributed by atoms with Crippen LogP contribution in [0.15, 0.2) is 24.3 Å². The molecule has 1 aromatic rings. The molecule has 1 aromatic carbocycles. The van der Waals surface area contributed by atoms with Crippen LogP contribution in [0.2, 0.25) is 5.02 Å². The van der Waals surface area contributed by atoms with Gasteiger partial charge in [-0.15, -0.1) is 0 Å². The predicted octanol–water partition coefficient (Wildman–Crippen LogP) is 2.86. The van der Waals surface area contributed by atoms with Crippen molar-refractivity contribution in [1.29, 1.82) is 0 Å². The van der Waals surface area contributed by atoms with E-state index in [1.807, 2.05) is 0 Å². The first kappa shape index (κ1) is 18.5. The Morgan fingerprint density at radius 1 is 1.29 bits per heavy atom. The molecule has 1 aliphatic rings. The number of nitrogens with zero attached hydrogens (tertiary/aromatic N) is 1. The van der Waals surface area contributed by atoms with Gasteiger partial charge in [-0.3, -0.25) is 14.5 Å². The molecule has 1 aliphatic heterocycles. The van der Waals surface area contributed by atoms with E-state index in [2.05, 4.69) is 5.32 Å². The van der Waals surface area contributed by atoms with Gasteiger partial charge in [0, 0.05) is 23.8 Å². The molecule has 0 spiro atoms. The van der Waals surface area contributed by atoms with Crippen molar-refractivity contribution < 1.29 is 27.9 Å². The molecule has 1 saturated heterocycles. The third-order valence-electron chi connectivity index (χ3n) is 4.12. The first-order chi connectivity index (χ1) is 11.1. The van der Waals surface area contributed by atoms with Gasteiger partial charge in [0.2, 0.25) is 5.91 Å². The highest BCUT2D eigenvalue weighted by molar-refractivity contribution is 6.30. The Labute approximate surface area is 141 Å².